The molecule has 0 saturated carbocycles. The Morgan fingerprint density at radius 2 is 1.80 bits per heavy atom. The van der Waals surface area contributed by atoms with Gasteiger partial charge in [-0.2, -0.15) is 0 Å². The number of nitrogens with one attached hydrogen (secondary N) is 1. The van der Waals surface area contributed by atoms with Crippen molar-refractivity contribution in [3.63, 3.8) is 0 Å². The first kappa shape index (κ1) is 15.0. The Labute approximate surface area is 126 Å². The molecule has 0 fully saturated rings. The van der Waals surface area contributed by atoms with Gasteiger partial charge in [0, 0.05) is 4.47 Å². The average molecular weight is 358 g/mol. The van der Waals surface area contributed by atoms with Crippen molar-refractivity contribution in [2.75, 3.05) is 4.72 Å². The van der Waals surface area contributed by atoms with E-state index in [0.717, 1.165) is 5.56 Å². The summed E-state index contributed by atoms with van der Waals surface area (Å²) in [7, 11) is -3.81. The van der Waals surface area contributed by atoms with E-state index in [9.17, 15) is 12.8 Å². The van der Waals surface area contributed by atoms with Gasteiger partial charge in [-0.25, -0.2) is 12.8 Å². The summed E-state index contributed by atoms with van der Waals surface area (Å²) in [5.41, 5.74) is 1.36. The molecule has 20 heavy (non-hydrogen) atoms. The summed E-state index contributed by atoms with van der Waals surface area (Å²) in [6.07, 6.45) is 0. The molecular formula is C14H13BrFNO2S. The lowest BCUT2D eigenvalue weighted by molar-refractivity contribution is 0.598. The summed E-state index contributed by atoms with van der Waals surface area (Å²) in [6, 6.07) is 9.28. The molecule has 0 atom stereocenters. The van der Waals surface area contributed by atoms with Crippen LogP contribution in [-0.2, 0) is 10.0 Å². The lowest BCUT2D eigenvalue weighted by Crippen LogP contribution is -2.15. The number of aryl methyl sites for hydroxylation is 2. The molecule has 3 nitrogen and oxygen atoms in total. The van der Waals surface area contributed by atoms with Crippen LogP contribution < -0.4 is 4.72 Å². The van der Waals surface area contributed by atoms with Crippen molar-refractivity contribution in [1.82, 2.24) is 0 Å². The SMILES string of the molecule is Cc1ccc(C)c(S(=O)(=O)Nc2ccc(Br)cc2F)c1. The normalized spacial score (nSPS) is 11.4. The van der Waals surface area contributed by atoms with Crippen LogP contribution in [0.5, 0.6) is 0 Å². The second kappa shape index (κ2) is 5.54. The zero-order valence-electron chi connectivity index (χ0n) is 10.9. The smallest absolute Gasteiger partial charge is 0.262 e. The molecule has 0 aliphatic heterocycles. The van der Waals surface area contributed by atoms with Gasteiger partial charge in [0.15, 0.2) is 0 Å². The maximum Gasteiger partial charge on any atom is 0.262 e. The first-order chi connectivity index (χ1) is 9.29. The lowest BCUT2D eigenvalue weighted by Gasteiger charge is -2.12. The van der Waals surface area contributed by atoms with Gasteiger partial charge in [0.1, 0.15) is 5.82 Å². The van der Waals surface area contributed by atoms with Crippen molar-refractivity contribution in [2.24, 2.45) is 0 Å². The van der Waals surface area contributed by atoms with Crippen LogP contribution >= 0.6 is 15.9 Å². The van der Waals surface area contributed by atoms with Gasteiger partial charge in [-0.3, -0.25) is 4.72 Å². The fourth-order valence-corrected chi connectivity index (χ4v) is 3.50. The van der Waals surface area contributed by atoms with E-state index in [-0.39, 0.29) is 10.6 Å². The van der Waals surface area contributed by atoms with Crippen LogP contribution in [0.2, 0.25) is 0 Å². The second-order valence-electron chi connectivity index (χ2n) is 4.50. The molecule has 0 radical (unpaired) electrons. The van der Waals surface area contributed by atoms with Gasteiger partial charge < -0.3 is 0 Å². The van der Waals surface area contributed by atoms with Gasteiger partial charge in [-0.1, -0.05) is 28.1 Å². The van der Waals surface area contributed by atoms with Gasteiger partial charge in [-0.05, 0) is 49.2 Å². The molecular weight excluding hydrogens is 345 g/mol. The number of hydrogen-bond acceptors (Lipinski definition) is 2. The molecule has 0 spiro atoms. The average Bonchev–Trinajstić information content (AvgIpc) is 2.35. The Hall–Kier alpha value is -1.40. The molecule has 0 aliphatic rings. The van der Waals surface area contributed by atoms with E-state index in [1.807, 2.05) is 6.07 Å². The van der Waals surface area contributed by atoms with Gasteiger partial charge in [0.05, 0.1) is 10.6 Å². The molecule has 0 aliphatic carbocycles. The molecule has 2 aromatic rings. The molecule has 2 rings (SSSR count). The zero-order valence-corrected chi connectivity index (χ0v) is 13.3. The van der Waals surface area contributed by atoms with Gasteiger partial charge >= 0.3 is 0 Å². The van der Waals surface area contributed by atoms with Crippen molar-refractivity contribution in [3.05, 3.63) is 57.8 Å². The minimum absolute atomic E-state index is 0.0749. The summed E-state index contributed by atoms with van der Waals surface area (Å²) in [5, 5.41) is 0. The van der Waals surface area contributed by atoms with Crippen LogP contribution in [0.3, 0.4) is 0 Å². The van der Waals surface area contributed by atoms with E-state index in [4.69, 9.17) is 0 Å². The number of anilines is 1. The van der Waals surface area contributed by atoms with Crippen molar-refractivity contribution in [3.8, 4) is 0 Å². The third-order valence-corrected chi connectivity index (χ3v) is 4.81. The molecule has 0 unspecified atom stereocenters. The fourth-order valence-electron chi connectivity index (χ4n) is 1.77. The van der Waals surface area contributed by atoms with Crippen molar-refractivity contribution >= 4 is 31.6 Å². The van der Waals surface area contributed by atoms with E-state index in [2.05, 4.69) is 20.7 Å². The number of sulfonamides is 1. The van der Waals surface area contributed by atoms with Crippen LogP contribution in [0.15, 0.2) is 45.8 Å². The Balaban J connectivity index is 2.43. The molecule has 2 aromatic carbocycles. The van der Waals surface area contributed by atoms with E-state index in [0.29, 0.717) is 10.0 Å². The summed E-state index contributed by atoms with van der Waals surface area (Å²) >= 11 is 3.12. The Morgan fingerprint density at radius 3 is 2.45 bits per heavy atom. The molecule has 0 heterocycles. The Kier molecular flexibility index (Phi) is 4.15. The maximum absolute atomic E-state index is 13.7. The van der Waals surface area contributed by atoms with E-state index in [1.165, 1.54) is 12.1 Å². The monoisotopic (exact) mass is 357 g/mol. The highest BCUT2D eigenvalue weighted by Crippen LogP contribution is 2.24. The number of hydrogen-bond donors (Lipinski definition) is 1. The van der Waals surface area contributed by atoms with E-state index < -0.39 is 15.8 Å². The number of benzene rings is 2. The van der Waals surface area contributed by atoms with Gasteiger partial charge in [-0.15, -0.1) is 0 Å². The predicted molar refractivity (Wildman–Crippen MR) is 80.8 cm³/mol. The third kappa shape index (κ3) is 3.19. The highest BCUT2D eigenvalue weighted by atomic mass is 79.9. The van der Waals surface area contributed by atoms with Gasteiger partial charge in [0.25, 0.3) is 10.0 Å². The number of rotatable bonds is 3. The molecule has 106 valence electrons. The van der Waals surface area contributed by atoms with Crippen molar-refractivity contribution < 1.29 is 12.8 Å². The quantitative estimate of drug-likeness (QED) is 0.901. The summed E-state index contributed by atoms with van der Waals surface area (Å²) in [6.45, 7) is 3.50. The van der Waals surface area contributed by atoms with Crippen LogP contribution in [0.4, 0.5) is 10.1 Å². The molecule has 6 heteroatoms. The maximum atomic E-state index is 13.7. The topological polar surface area (TPSA) is 46.2 Å². The van der Waals surface area contributed by atoms with Crippen LogP contribution in [0.1, 0.15) is 11.1 Å². The summed E-state index contributed by atoms with van der Waals surface area (Å²) in [4.78, 5) is 0.153. The van der Waals surface area contributed by atoms with E-state index >= 15 is 0 Å². The van der Waals surface area contributed by atoms with Gasteiger partial charge in [0.2, 0.25) is 0 Å². The molecule has 0 aromatic heterocycles. The second-order valence-corrected chi connectivity index (χ2v) is 7.07. The Bertz CT molecular complexity index is 760. The molecule has 0 saturated heterocycles. The summed E-state index contributed by atoms with van der Waals surface area (Å²) in [5.74, 6) is -0.631. The van der Waals surface area contributed by atoms with Crippen molar-refractivity contribution in [2.45, 2.75) is 18.7 Å². The first-order valence-corrected chi connectivity index (χ1v) is 8.12. The van der Waals surface area contributed by atoms with Crippen LogP contribution in [0, 0.1) is 19.7 Å². The molecule has 1 N–H and O–H groups in total. The minimum Gasteiger partial charge on any atom is -0.277 e. The minimum atomic E-state index is -3.81. The standard InChI is InChI=1S/C14H13BrFNO2S/c1-9-3-4-10(2)14(7-9)20(18,19)17-13-6-5-11(15)8-12(13)16/h3-8,17H,1-2H3. The summed E-state index contributed by atoms with van der Waals surface area (Å²) < 4.78 is 41.2. The first-order valence-electron chi connectivity index (χ1n) is 5.85. The lowest BCUT2D eigenvalue weighted by atomic mass is 10.2. The zero-order chi connectivity index (χ0) is 14.9. The van der Waals surface area contributed by atoms with E-state index in [1.54, 1.807) is 32.0 Å². The Morgan fingerprint density at radius 1 is 1.10 bits per heavy atom. The number of halogens is 2. The van der Waals surface area contributed by atoms with Crippen LogP contribution in [-0.4, -0.2) is 8.42 Å². The predicted octanol–water partition coefficient (Wildman–Crippen LogP) is 4.01. The van der Waals surface area contributed by atoms with Crippen LogP contribution in [0.25, 0.3) is 0 Å². The third-order valence-electron chi connectivity index (χ3n) is 2.81. The molecule has 0 amide bonds. The fraction of sp³-hybridized carbons (Fsp3) is 0.143. The van der Waals surface area contributed by atoms with Crippen molar-refractivity contribution in [1.29, 1.82) is 0 Å². The largest absolute Gasteiger partial charge is 0.277 e. The highest BCUT2D eigenvalue weighted by Gasteiger charge is 2.18. The highest BCUT2D eigenvalue weighted by molar-refractivity contribution is 9.10. The molecule has 0 bridgehead atoms.